The van der Waals surface area contributed by atoms with Crippen molar-refractivity contribution in [3.8, 4) is 0 Å². The fourth-order valence-corrected chi connectivity index (χ4v) is 4.36. The number of nitro groups is 1. The smallest absolute Gasteiger partial charge is 0.288 e. The van der Waals surface area contributed by atoms with Crippen molar-refractivity contribution in [2.45, 2.75) is 39.3 Å². The average molecular weight is 507 g/mol. The van der Waals surface area contributed by atoms with Crippen LogP contribution in [0.4, 0.5) is 17.1 Å². The summed E-state index contributed by atoms with van der Waals surface area (Å²) in [6.45, 7) is 5.38. The zero-order chi connectivity index (χ0) is 25.8. The van der Waals surface area contributed by atoms with E-state index in [0.717, 1.165) is 31.1 Å². The number of nitro benzene ring substituents is 1. The van der Waals surface area contributed by atoms with Gasteiger partial charge >= 0.3 is 0 Å². The molecule has 0 spiro atoms. The summed E-state index contributed by atoms with van der Waals surface area (Å²) in [6, 6.07) is 17.3. The number of amides is 2. The molecule has 1 atom stereocenters. The van der Waals surface area contributed by atoms with Gasteiger partial charge in [-0.25, -0.2) is 0 Å². The van der Waals surface area contributed by atoms with Gasteiger partial charge in [0.15, 0.2) is 0 Å². The summed E-state index contributed by atoms with van der Waals surface area (Å²) < 4.78 is 0. The van der Waals surface area contributed by atoms with Crippen molar-refractivity contribution in [1.29, 1.82) is 0 Å². The minimum Gasteiger partial charge on any atom is -0.366 e. The maximum atomic E-state index is 13.2. The third kappa shape index (κ3) is 5.49. The molecule has 2 N–H and O–H groups in total. The lowest BCUT2D eigenvalue weighted by atomic mass is 9.98. The summed E-state index contributed by atoms with van der Waals surface area (Å²) in [5, 5.41) is 16.9. The number of carbonyl (C=O) groups excluding carboxylic acids is 2. The zero-order valence-corrected chi connectivity index (χ0v) is 20.8. The predicted octanol–water partition coefficient (Wildman–Crippen LogP) is 5.59. The van der Waals surface area contributed by atoms with Crippen molar-refractivity contribution < 1.29 is 14.5 Å². The molecule has 1 heterocycles. The maximum absolute atomic E-state index is 13.2. The highest BCUT2D eigenvalue weighted by Gasteiger charge is 2.23. The van der Waals surface area contributed by atoms with Crippen molar-refractivity contribution >= 4 is 40.5 Å². The second-order valence-corrected chi connectivity index (χ2v) is 9.24. The molecule has 1 unspecified atom stereocenters. The molecule has 0 fully saturated rings. The number of hydrogen-bond donors (Lipinski definition) is 2. The van der Waals surface area contributed by atoms with E-state index in [0.29, 0.717) is 17.8 Å². The summed E-state index contributed by atoms with van der Waals surface area (Å²) in [7, 11) is 0. The van der Waals surface area contributed by atoms with Gasteiger partial charge in [-0.1, -0.05) is 42.8 Å². The van der Waals surface area contributed by atoms with Gasteiger partial charge in [-0.2, -0.15) is 0 Å². The first-order chi connectivity index (χ1) is 17.3. The highest BCUT2D eigenvalue weighted by molar-refractivity contribution is 6.32. The normalized spacial score (nSPS) is 13.5. The van der Waals surface area contributed by atoms with E-state index < -0.39 is 10.8 Å². The van der Waals surface area contributed by atoms with Crippen LogP contribution in [0.1, 0.15) is 52.1 Å². The van der Waals surface area contributed by atoms with Crippen molar-refractivity contribution in [2.75, 3.05) is 16.8 Å². The van der Waals surface area contributed by atoms with Gasteiger partial charge in [-0.3, -0.25) is 19.7 Å². The minimum atomic E-state index is -0.637. The third-order valence-corrected chi connectivity index (χ3v) is 6.68. The molecular weight excluding hydrogens is 480 g/mol. The first kappa shape index (κ1) is 25.2. The minimum absolute atomic E-state index is 0.0136. The molecule has 186 valence electrons. The SMILES string of the molecule is CCC(C)NC(=O)c1cc(NC(=O)c2ccc(Cl)c([N+](=O)[O-])c2)ccc1N1CCc2ccccc2C1. The summed E-state index contributed by atoms with van der Waals surface area (Å²) in [6.07, 6.45) is 1.65. The molecule has 4 rings (SSSR count). The summed E-state index contributed by atoms with van der Waals surface area (Å²) in [5.41, 5.74) is 3.92. The molecule has 3 aromatic rings. The van der Waals surface area contributed by atoms with E-state index in [1.807, 2.05) is 32.0 Å². The number of anilines is 2. The Balaban J connectivity index is 1.64. The second kappa shape index (κ2) is 10.8. The van der Waals surface area contributed by atoms with Crippen LogP contribution in [-0.2, 0) is 13.0 Å². The van der Waals surface area contributed by atoms with Crippen LogP contribution >= 0.6 is 11.6 Å². The predicted molar refractivity (Wildman–Crippen MR) is 141 cm³/mol. The third-order valence-electron chi connectivity index (χ3n) is 6.37. The van der Waals surface area contributed by atoms with E-state index in [4.69, 9.17) is 11.6 Å². The van der Waals surface area contributed by atoms with Gasteiger partial charge in [0, 0.05) is 42.1 Å². The number of halogens is 1. The van der Waals surface area contributed by atoms with Gasteiger partial charge in [0.1, 0.15) is 5.02 Å². The molecular formula is C27H27ClN4O4. The highest BCUT2D eigenvalue weighted by atomic mass is 35.5. The molecule has 0 saturated heterocycles. The lowest BCUT2D eigenvalue weighted by molar-refractivity contribution is -0.384. The molecule has 0 radical (unpaired) electrons. The molecule has 9 heteroatoms. The molecule has 0 bridgehead atoms. The number of nitrogens with zero attached hydrogens (tertiary/aromatic N) is 2. The molecule has 1 aliphatic rings. The molecule has 0 saturated carbocycles. The molecule has 1 aliphatic heterocycles. The molecule has 2 amide bonds. The molecule has 36 heavy (non-hydrogen) atoms. The average Bonchev–Trinajstić information content (AvgIpc) is 2.88. The van der Waals surface area contributed by atoms with Gasteiger partial charge in [-0.05, 0) is 61.2 Å². The Hall–Kier alpha value is -3.91. The van der Waals surface area contributed by atoms with Crippen LogP contribution < -0.4 is 15.5 Å². The van der Waals surface area contributed by atoms with Crippen molar-refractivity contribution in [2.24, 2.45) is 0 Å². The number of fused-ring (bicyclic) bond motifs is 1. The Morgan fingerprint density at radius 3 is 2.56 bits per heavy atom. The summed E-state index contributed by atoms with van der Waals surface area (Å²) >= 11 is 5.87. The van der Waals surface area contributed by atoms with Crippen LogP contribution in [0.3, 0.4) is 0 Å². The largest absolute Gasteiger partial charge is 0.366 e. The Bertz CT molecular complexity index is 1330. The Morgan fingerprint density at radius 1 is 1.08 bits per heavy atom. The molecule has 8 nitrogen and oxygen atoms in total. The van der Waals surface area contributed by atoms with Crippen molar-refractivity contribution in [1.82, 2.24) is 5.32 Å². The van der Waals surface area contributed by atoms with Crippen molar-refractivity contribution in [3.63, 3.8) is 0 Å². The zero-order valence-electron chi connectivity index (χ0n) is 20.1. The number of carbonyl (C=O) groups is 2. The van der Waals surface area contributed by atoms with Crippen LogP contribution in [0, 0.1) is 10.1 Å². The van der Waals surface area contributed by atoms with Crippen LogP contribution in [0.2, 0.25) is 5.02 Å². The Labute approximate surface area is 214 Å². The summed E-state index contributed by atoms with van der Waals surface area (Å²) in [4.78, 5) is 38.8. The topological polar surface area (TPSA) is 105 Å². The molecule has 3 aromatic carbocycles. The van der Waals surface area contributed by atoms with E-state index in [1.165, 1.54) is 23.3 Å². The first-order valence-electron chi connectivity index (χ1n) is 11.8. The Kier molecular flexibility index (Phi) is 7.55. The first-order valence-corrected chi connectivity index (χ1v) is 12.2. The number of rotatable bonds is 7. The lowest BCUT2D eigenvalue weighted by Crippen LogP contribution is -2.35. The highest BCUT2D eigenvalue weighted by Crippen LogP contribution is 2.30. The molecule has 0 aromatic heterocycles. The van der Waals surface area contributed by atoms with Gasteiger partial charge in [0.05, 0.1) is 10.5 Å². The number of hydrogen-bond acceptors (Lipinski definition) is 5. The van der Waals surface area contributed by atoms with Crippen LogP contribution in [0.15, 0.2) is 60.7 Å². The Morgan fingerprint density at radius 2 is 1.83 bits per heavy atom. The standard InChI is InChI=1S/C27H27ClN4O4/c1-3-17(2)29-27(34)22-15-21(30-26(33)19-8-10-23(28)25(14-19)32(35)36)9-11-24(22)31-13-12-18-6-4-5-7-20(18)16-31/h4-11,14-15,17H,3,12-13,16H2,1-2H3,(H,29,34)(H,30,33). The van der Waals surface area contributed by atoms with Gasteiger partial charge in [-0.15, -0.1) is 0 Å². The van der Waals surface area contributed by atoms with Crippen LogP contribution in [0.25, 0.3) is 0 Å². The lowest BCUT2D eigenvalue weighted by Gasteiger charge is -2.32. The monoisotopic (exact) mass is 506 g/mol. The second-order valence-electron chi connectivity index (χ2n) is 8.83. The van der Waals surface area contributed by atoms with E-state index in [2.05, 4.69) is 27.7 Å². The van der Waals surface area contributed by atoms with Crippen LogP contribution in [-0.4, -0.2) is 29.3 Å². The van der Waals surface area contributed by atoms with Crippen molar-refractivity contribution in [3.05, 3.63) is 98.1 Å². The van der Waals surface area contributed by atoms with E-state index in [-0.39, 0.29) is 28.2 Å². The van der Waals surface area contributed by atoms with Gasteiger partial charge in [0.25, 0.3) is 17.5 Å². The number of nitrogens with one attached hydrogen (secondary N) is 2. The maximum Gasteiger partial charge on any atom is 0.288 e. The van der Waals surface area contributed by atoms with E-state index in [9.17, 15) is 19.7 Å². The molecule has 0 aliphatic carbocycles. The van der Waals surface area contributed by atoms with E-state index in [1.54, 1.807) is 12.1 Å². The fraction of sp³-hybridized carbons (Fsp3) is 0.259. The number of benzene rings is 3. The van der Waals surface area contributed by atoms with Crippen LogP contribution in [0.5, 0.6) is 0 Å². The quantitative estimate of drug-likeness (QED) is 0.321. The van der Waals surface area contributed by atoms with E-state index >= 15 is 0 Å². The summed E-state index contributed by atoms with van der Waals surface area (Å²) in [5.74, 6) is -0.765. The van der Waals surface area contributed by atoms with Gasteiger partial charge in [0.2, 0.25) is 0 Å². The fourth-order valence-electron chi connectivity index (χ4n) is 4.17. The van der Waals surface area contributed by atoms with Gasteiger partial charge < -0.3 is 15.5 Å².